The van der Waals surface area contributed by atoms with Crippen LogP contribution in [-0.2, 0) is 4.79 Å². The fourth-order valence-electron chi connectivity index (χ4n) is 3.05. The molecule has 0 fully saturated rings. The second-order valence-corrected chi connectivity index (χ2v) is 6.49. The van der Waals surface area contributed by atoms with E-state index < -0.39 is 0 Å². The average molecular weight is 361 g/mol. The topological polar surface area (TPSA) is 50.1 Å². The van der Waals surface area contributed by atoms with Crippen molar-refractivity contribution in [2.24, 2.45) is 0 Å². The Hall–Kier alpha value is -2.86. The molecule has 0 aliphatic carbocycles. The minimum absolute atomic E-state index is 0.296. The molecular formula is C24H27NO2. The lowest BCUT2D eigenvalue weighted by molar-refractivity contribution is -0.130. The van der Waals surface area contributed by atoms with E-state index in [2.05, 4.69) is 13.0 Å². The molecule has 0 atom stereocenters. The van der Waals surface area contributed by atoms with Crippen molar-refractivity contribution in [3.05, 3.63) is 71.8 Å². The number of rotatable bonds is 10. The molecule has 0 amide bonds. The Morgan fingerprint density at radius 1 is 0.926 bits per heavy atom. The molecule has 0 spiro atoms. The number of ether oxygens (including phenoxy) is 1. The van der Waals surface area contributed by atoms with Crippen LogP contribution in [0.15, 0.2) is 66.2 Å². The van der Waals surface area contributed by atoms with Gasteiger partial charge in [0.05, 0.1) is 6.07 Å². The van der Waals surface area contributed by atoms with Crippen molar-refractivity contribution in [3.8, 4) is 11.8 Å². The molecule has 2 rings (SSSR count). The van der Waals surface area contributed by atoms with Gasteiger partial charge in [-0.15, -0.1) is 0 Å². The molecule has 0 unspecified atom stereocenters. The van der Waals surface area contributed by atoms with Crippen molar-refractivity contribution in [1.82, 2.24) is 0 Å². The molecule has 0 saturated heterocycles. The summed E-state index contributed by atoms with van der Waals surface area (Å²) in [6.45, 7) is 2.18. The molecule has 140 valence electrons. The van der Waals surface area contributed by atoms with Crippen LogP contribution < -0.4 is 4.74 Å². The highest BCUT2D eigenvalue weighted by Crippen LogP contribution is 2.29. The van der Waals surface area contributed by atoms with E-state index in [1.807, 2.05) is 48.5 Å². The van der Waals surface area contributed by atoms with Gasteiger partial charge in [-0.3, -0.25) is 0 Å². The maximum atomic E-state index is 12.9. The molecule has 0 bridgehead atoms. The van der Waals surface area contributed by atoms with E-state index in [4.69, 9.17) is 10.00 Å². The van der Waals surface area contributed by atoms with Gasteiger partial charge in [0.25, 0.3) is 0 Å². The second kappa shape index (κ2) is 11.7. The normalized spacial score (nSPS) is 11.4. The van der Waals surface area contributed by atoms with Crippen LogP contribution in [0.1, 0.15) is 57.4 Å². The van der Waals surface area contributed by atoms with Gasteiger partial charge in [-0.05, 0) is 42.5 Å². The maximum Gasteiger partial charge on any atom is 0.339 e. The Labute approximate surface area is 162 Å². The summed E-state index contributed by atoms with van der Waals surface area (Å²) < 4.78 is 5.60. The van der Waals surface area contributed by atoms with Crippen LogP contribution >= 0.6 is 0 Å². The van der Waals surface area contributed by atoms with Gasteiger partial charge in [-0.25, -0.2) is 4.79 Å². The average Bonchev–Trinajstić information content (AvgIpc) is 2.71. The lowest BCUT2D eigenvalue weighted by Gasteiger charge is -2.15. The fourth-order valence-corrected chi connectivity index (χ4v) is 3.05. The van der Waals surface area contributed by atoms with Crippen LogP contribution in [0.3, 0.4) is 0 Å². The van der Waals surface area contributed by atoms with Crippen LogP contribution in [-0.4, -0.2) is 5.97 Å². The largest absolute Gasteiger partial charge is 0.423 e. The van der Waals surface area contributed by atoms with Gasteiger partial charge in [0, 0.05) is 12.0 Å². The third kappa shape index (κ3) is 6.75. The molecule has 0 aromatic heterocycles. The van der Waals surface area contributed by atoms with Crippen LogP contribution in [0, 0.1) is 11.3 Å². The summed E-state index contributed by atoms with van der Waals surface area (Å²) in [5.41, 5.74) is 2.65. The third-order valence-electron chi connectivity index (χ3n) is 4.45. The first-order valence-corrected chi connectivity index (χ1v) is 9.68. The van der Waals surface area contributed by atoms with E-state index in [0.29, 0.717) is 24.2 Å². The van der Waals surface area contributed by atoms with Crippen LogP contribution in [0.25, 0.3) is 5.57 Å². The van der Waals surface area contributed by atoms with E-state index in [-0.39, 0.29) is 5.97 Å². The Kier molecular flexibility index (Phi) is 8.86. The molecule has 2 aromatic rings. The van der Waals surface area contributed by atoms with Crippen molar-refractivity contribution in [2.45, 2.75) is 51.9 Å². The summed E-state index contributed by atoms with van der Waals surface area (Å²) in [5.74, 6) is 0.168. The number of hydrogen-bond acceptors (Lipinski definition) is 3. The first-order chi connectivity index (χ1) is 13.3. The maximum absolute atomic E-state index is 12.9. The van der Waals surface area contributed by atoms with Crippen molar-refractivity contribution < 1.29 is 9.53 Å². The molecule has 0 saturated carbocycles. The van der Waals surface area contributed by atoms with Crippen LogP contribution in [0.4, 0.5) is 0 Å². The molecule has 27 heavy (non-hydrogen) atoms. The Balaban J connectivity index is 2.34. The number of nitrogens with zero attached hydrogens (tertiary/aromatic N) is 1. The lowest BCUT2D eigenvalue weighted by Crippen LogP contribution is -2.13. The summed E-state index contributed by atoms with van der Waals surface area (Å²) in [5, 5.41) is 9.06. The Morgan fingerprint density at radius 3 is 2.22 bits per heavy atom. The standard InChI is InChI=1S/C24H27NO2/c1-2-3-4-11-17-22(20-13-7-5-8-14-20)23(18-12-19-25)24(26)27-21-15-9-6-10-16-21/h5-10,13-16H,2-4,11-12,17-18H2,1H3. The smallest absolute Gasteiger partial charge is 0.339 e. The third-order valence-corrected chi connectivity index (χ3v) is 4.45. The van der Waals surface area contributed by atoms with E-state index in [9.17, 15) is 4.79 Å². The summed E-state index contributed by atoms with van der Waals surface area (Å²) in [4.78, 5) is 12.9. The van der Waals surface area contributed by atoms with E-state index in [0.717, 1.165) is 30.4 Å². The number of para-hydroxylation sites is 1. The number of benzene rings is 2. The van der Waals surface area contributed by atoms with Crippen LogP contribution in [0.5, 0.6) is 5.75 Å². The molecule has 2 aromatic carbocycles. The molecule has 3 heteroatoms. The van der Waals surface area contributed by atoms with E-state index in [1.54, 1.807) is 12.1 Å². The minimum Gasteiger partial charge on any atom is -0.423 e. The number of carbonyl (C=O) groups excluding carboxylic acids is 1. The van der Waals surface area contributed by atoms with Crippen molar-refractivity contribution in [3.63, 3.8) is 0 Å². The number of allylic oxidation sites excluding steroid dienone is 1. The van der Waals surface area contributed by atoms with Crippen LogP contribution in [0.2, 0.25) is 0 Å². The quantitative estimate of drug-likeness (QED) is 0.215. The highest BCUT2D eigenvalue weighted by atomic mass is 16.5. The van der Waals surface area contributed by atoms with Gasteiger partial charge in [0.15, 0.2) is 0 Å². The predicted octanol–water partition coefficient (Wildman–Crippen LogP) is 6.32. The summed E-state index contributed by atoms with van der Waals surface area (Å²) in [6, 6.07) is 21.2. The number of esters is 1. The van der Waals surface area contributed by atoms with Crippen molar-refractivity contribution in [2.75, 3.05) is 0 Å². The predicted molar refractivity (Wildman–Crippen MR) is 109 cm³/mol. The highest BCUT2D eigenvalue weighted by molar-refractivity contribution is 5.98. The molecular weight excluding hydrogens is 334 g/mol. The SMILES string of the molecule is CCCCCCC(=C(CCC#N)C(=O)Oc1ccccc1)c1ccccc1. The highest BCUT2D eigenvalue weighted by Gasteiger charge is 2.19. The molecule has 0 radical (unpaired) electrons. The first-order valence-electron chi connectivity index (χ1n) is 9.68. The van der Waals surface area contributed by atoms with Gasteiger partial charge < -0.3 is 4.74 Å². The summed E-state index contributed by atoms with van der Waals surface area (Å²) in [7, 11) is 0. The van der Waals surface area contributed by atoms with Crippen molar-refractivity contribution in [1.29, 1.82) is 5.26 Å². The Morgan fingerprint density at radius 2 is 1.59 bits per heavy atom. The zero-order valence-electron chi connectivity index (χ0n) is 16.0. The molecule has 0 heterocycles. The number of hydrogen-bond donors (Lipinski definition) is 0. The monoisotopic (exact) mass is 361 g/mol. The number of nitriles is 1. The Bertz CT molecular complexity index is 773. The van der Waals surface area contributed by atoms with Gasteiger partial charge in [0.1, 0.15) is 5.75 Å². The molecule has 0 aliphatic heterocycles. The van der Waals surface area contributed by atoms with E-state index in [1.165, 1.54) is 12.8 Å². The zero-order valence-corrected chi connectivity index (χ0v) is 16.0. The zero-order chi connectivity index (χ0) is 19.3. The number of carbonyl (C=O) groups is 1. The number of unbranched alkanes of at least 4 members (excludes halogenated alkanes) is 3. The molecule has 0 aliphatic rings. The first kappa shape index (κ1) is 20.5. The van der Waals surface area contributed by atoms with Gasteiger partial charge in [-0.1, -0.05) is 74.7 Å². The molecule has 3 nitrogen and oxygen atoms in total. The van der Waals surface area contributed by atoms with Crippen molar-refractivity contribution >= 4 is 11.5 Å². The van der Waals surface area contributed by atoms with Gasteiger partial charge in [-0.2, -0.15) is 5.26 Å². The summed E-state index contributed by atoms with van der Waals surface area (Å²) in [6.07, 6.45) is 6.02. The lowest BCUT2D eigenvalue weighted by atomic mass is 9.92. The fraction of sp³-hybridized carbons (Fsp3) is 0.333. The van der Waals surface area contributed by atoms with Gasteiger partial charge in [0.2, 0.25) is 0 Å². The minimum atomic E-state index is -0.356. The molecule has 0 N–H and O–H groups in total. The summed E-state index contributed by atoms with van der Waals surface area (Å²) >= 11 is 0. The second-order valence-electron chi connectivity index (χ2n) is 6.49. The van der Waals surface area contributed by atoms with Gasteiger partial charge >= 0.3 is 5.97 Å². The van der Waals surface area contributed by atoms with E-state index >= 15 is 0 Å².